The molecule has 1 saturated heterocycles. The lowest BCUT2D eigenvalue weighted by atomic mass is 9.88. The van der Waals surface area contributed by atoms with Crippen molar-refractivity contribution < 1.29 is 4.79 Å². The summed E-state index contributed by atoms with van der Waals surface area (Å²) in [5.41, 5.74) is 1.78. The van der Waals surface area contributed by atoms with E-state index in [9.17, 15) is 4.79 Å². The Labute approximate surface area is 93.1 Å². The number of nitrogens with one attached hydrogen (secondary N) is 2. The zero-order valence-corrected chi connectivity index (χ0v) is 9.51. The third kappa shape index (κ3) is 2.54. The molecule has 1 aromatic heterocycles. The van der Waals surface area contributed by atoms with Gasteiger partial charge in [0.2, 0.25) is 5.91 Å². The van der Waals surface area contributed by atoms with Crippen LogP contribution in [0, 0.1) is 11.8 Å². The van der Waals surface area contributed by atoms with E-state index < -0.39 is 0 Å². The number of amides is 1. The quantitative estimate of drug-likeness (QED) is 0.789. The third-order valence-corrected chi connectivity index (χ3v) is 3.63. The van der Waals surface area contributed by atoms with Crippen LogP contribution in [0.3, 0.4) is 0 Å². The maximum atomic E-state index is 11.7. The van der Waals surface area contributed by atoms with Gasteiger partial charge in [0.05, 0.1) is 12.1 Å². The minimum absolute atomic E-state index is 0.110. The minimum Gasteiger partial charge on any atom is -0.351 e. The van der Waals surface area contributed by atoms with E-state index in [4.69, 9.17) is 0 Å². The number of nitrogens with zero attached hydrogens (tertiary/aromatic N) is 1. The largest absolute Gasteiger partial charge is 0.351 e. The lowest BCUT2D eigenvalue weighted by Crippen LogP contribution is -2.49. The van der Waals surface area contributed by atoms with Crippen LogP contribution >= 0.6 is 11.3 Å². The van der Waals surface area contributed by atoms with Crippen molar-refractivity contribution in [2.24, 2.45) is 11.8 Å². The van der Waals surface area contributed by atoms with Crippen molar-refractivity contribution in [3.8, 4) is 0 Å². The highest BCUT2D eigenvalue weighted by Gasteiger charge is 2.28. The van der Waals surface area contributed by atoms with Gasteiger partial charge in [-0.1, -0.05) is 6.92 Å². The number of hydrogen-bond acceptors (Lipinski definition) is 4. The van der Waals surface area contributed by atoms with Gasteiger partial charge >= 0.3 is 0 Å². The van der Waals surface area contributed by atoms with Gasteiger partial charge in [-0.3, -0.25) is 9.78 Å². The van der Waals surface area contributed by atoms with Gasteiger partial charge in [0, 0.05) is 17.0 Å². The highest BCUT2D eigenvalue weighted by molar-refractivity contribution is 7.09. The molecule has 0 aromatic carbocycles. The predicted octanol–water partition coefficient (Wildman–Crippen LogP) is 0.615. The van der Waals surface area contributed by atoms with Crippen molar-refractivity contribution in [1.29, 1.82) is 0 Å². The van der Waals surface area contributed by atoms with Gasteiger partial charge in [-0.2, -0.15) is 0 Å². The summed E-state index contributed by atoms with van der Waals surface area (Å²) in [6.45, 7) is 4.53. The molecule has 2 heterocycles. The molecular formula is C10H15N3OS. The van der Waals surface area contributed by atoms with Gasteiger partial charge in [0.15, 0.2) is 0 Å². The molecule has 0 bridgehead atoms. The molecule has 1 aliphatic heterocycles. The summed E-state index contributed by atoms with van der Waals surface area (Å²) in [6.07, 6.45) is 1.79. The van der Waals surface area contributed by atoms with Crippen LogP contribution in [0.25, 0.3) is 0 Å². The maximum absolute atomic E-state index is 11.7. The first-order chi connectivity index (χ1) is 7.27. The molecular weight excluding hydrogens is 210 g/mol. The molecule has 0 spiro atoms. The summed E-state index contributed by atoms with van der Waals surface area (Å²) in [5.74, 6) is 0.764. The fraction of sp³-hybridized carbons (Fsp3) is 0.600. The van der Waals surface area contributed by atoms with Crippen molar-refractivity contribution in [2.75, 3.05) is 13.1 Å². The van der Waals surface area contributed by atoms with Gasteiger partial charge in [0.25, 0.3) is 0 Å². The lowest BCUT2D eigenvalue weighted by molar-refractivity contribution is -0.126. The second-order valence-electron chi connectivity index (χ2n) is 3.89. The number of carbonyl (C=O) groups excluding carboxylic acids is 1. The molecule has 0 radical (unpaired) electrons. The van der Waals surface area contributed by atoms with Gasteiger partial charge in [-0.05, 0) is 19.0 Å². The van der Waals surface area contributed by atoms with Crippen molar-refractivity contribution in [3.05, 3.63) is 16.6 Å². The highest BCUT2D eigenvalue weighted by Crippen LogP contribution is 2.16. The van der Waals surface area contributed by atoms with Crippen LogP contribution in [0.5, 0.6) is 0 Å². The molecule has 1 fully saturated rings. The van der Waals surface area contributed by atoms with E-state index in [2.05, 4.69) is 15.6 Å². The number of rotatable bonds is 4. The SMILES string of the molecule is CC(C(=O)NCc1cncs1)C1CNC1. The fourth-order valence-corrected chi connectivity index (χ4v) is 2.08. The molecule has 4 nitrogen and oxygen atoms in total. The summed E-state index contributed by atoms with van der Waals surface area (Å²) in [6, 6.07) is 0. The van der Waals surface area contributed by atoms with Gasteiger partial charge in [-0.15, -0.1) is 11.3 Å². The summed E-state index contributed by atoms with van der Waals surface area (Å²) in [4.78, 5) is 16.8. The first kappa shape index (κ1) is 10.6. The molecule has 2 N–H and O–H groups in total. The Morgan fingerprint density at radius 1 is 1.80 bits per heavy atom. The number of aromatic nitrogens is 1. The van der Waals surface area contributed by atoms with Crippen molar-refractivity contribution in [3.63, 3.8) is 0 Å². The average molecular weight is 225 g/mol. The molecule has 0 saturated carbocycles. The van der Waals surface area contributed by atoms with Gasteiger partial charge in [-0.25, -0.2) is 0 Å². The normalized spacial score (nSPS) is 18.2. The van der Waals surface area contributed by atoms with E-state index in [1.165, 1.54) is 0 Å². The van der Waals surface area contributed by atoms with Crippen molar-refractivity contribution in [1.82, 2.24) is 15.6 Å². The van der Waals surface area contributed by atoms with E-state index in [1.807, 2.05) is 6.92 Å². The predicted molar refractivity (Wildman–Crippen MR) is 59.5 cm³/mol. The smallest absolute Gasteiger partial charge is 0.223 e. The Morgan fingerprint density at radius 3 is 3.13 bits per heavy atom. The Kier molecular flexibility index (Phi) is 3.33. The molecule has 1 atom stereocenters. The van der Waals surface area contributed by atoms with Crippen molar-refractivity contribution >= 4 is 17.2 Å². The molecule has 15 heavy (non-hydrogen) atoms. The molecule has 1 aliphatic rings. The van der Waals surface area contributed by atoms with E-state index in [0.29, 0.717) is 12.5 Å². The zero-order chi connectivity index (χ0) is 10.7. The molecule has 82 valence electrons. The zero-order valence-electron chi connectivity index (χ0n) is 8.69. The summed E-state index contributed by atoms with van der Waals surface area (Å²) < 4.78 is 0. The van der Waals surface area contributed by atoms with Crippen LogP contribution in [-0.2, 0) is 11.3 Å². The van der Waals surface area contributed by atoms with Crippen molar-refractivity contribution in [2.45, 2.75) is 13.5 Å². The first-order valence-electron chi connectivity index (χ1n) is 5.13. The van der Waals surface area contributed by atoms with Crippen LogP contribution < -0.4 is 10.6 Å². The van der Waals surface area contributed by atoms with Gasteiger partial charge in [0.1, 0.15) is 0 Å². The van der Waals surface area contributed by atoms with E-state index >= 15 is 0 Å². The Bertz CT molecular complexity index is 321. The summed E-state index contributed by atoms with van der Waals surface area (Å²) >= 11 is 1.57. The molecule has 0 aliphatic carbocycles. The standard InChI is InChI=1S/C10H15N3OS/c1-7(8-2-11-3-8)10(14)13-5-9-4-12-6-15-9/h4,6-8,11H,2-3,5H2,1H3,(H,13,14). The van der Waals surface area contributed by atoms with Crippen LogP contribution in [-0.4, -0.2) is 24.0 Å². The second kappa shape index (κ2) is 4.72. The highest BCUT2D eigenvalue weighted by atomic mass is 32.1. The van der Waals surface area contributed by atoms with E-state index in [-0.39, 0.29) is 11.8 Å². The molecule has 2 rings (SSSR count). The summed E-state index contributed by atoms with van der Waals surface area (Å²) in [7, 11) is 0. The number of thiazole rings is 1. The van der Waals surface area contributed by atoms with Crippen LogP contribution in [0.15, 0.2) is 11.7 Å². The molecule has 1 amide bonds. The fourth-order valence-electron chi connectivity index (χ4n) is 1.54. The monoisotopic (exact) mass is 225 g/mol. The summed E-state index contributed by atoms with van der Waals surface area (Å²) in [5, 5.41) is 6.12. The van der Waals surface area contributed by atoms with Crippen LogP contribution in [0.2, 0.25) is 0 Å². The molecule has 1 aromatic rings. The second-order valence-corrected chi connectivity index (χ2v) is 4.86. The maximum Gasteiger partial charge on any atom is 0.223 e. The number of carbonyl (C=O) groups is 1. The average Bonchev–Trinajstić information content (AvgIpc) is 2.63. The Hall–Kier alpha value is -0.940. The topological polar surface area (TPSA) is 54.0 Å². The third-order valence-electron chi connectivity index (χ3n) is 2.85. The minimum atomic E-state index is 0.110. The van der Waals surface area contributed by atoms with Crippen LogP contribution in [0.1, 0.15) is 11.8 Å². The number of hydrogen-bond donors (Lipinski definition) is 2. The Morgan fingerprint density at radius 2 is 2.60 bits per heavy atom. The van der Waals surface area contributed by atoms with E-state index in [1.54, 1.807) is 23.0 Å². The van der Waals surface area contributed by atoms with Gasteiger partial charge < -0.3 is 10.6 Å². The van der Waals surface area contributed by atoms with Crippen LogP contribution in [0.4, 0.5) is 0 Å². The Balaban J connectivity index is 1.76. The lowest BCUT2D eigenvalue weighted by Gasteiger charge is -2.31. The molecule has 5 heteroatoms. The first-order valence-corrected chi connectivity index (χ1v) is 6.01. The van der Waals surface area contributed by atoms with E-state index in [0.717, 1.165) is 18.0 Å². The molecule has 1 unspecified atom stereocenters.